The summed E-state index contributed by atoms with van der Waals surface area (Å²) in [5, 5.41) is 8.92. The Balaban J connectivity index is 3.25. The van der Waals surface area contributed by atoms with Crippen LogP contribution in [0.2, 0.25) is 0 Å². The van der Waals surface area contributed by atoms with E-state index in [2.05, 4.69) is 4.74 Å². The number of hydrogen-bond acceptors (Lipinski definition) is 6. The number of amides is 1. The number of ether oxygens (including phenoxy) is 2. The third kappa shape index (κ3) is 4.92. The van der Waals surface area contributed by atoms with Gasteiger partial charge in [-0.15, -0.1) is 0 Å². The number of benzene rings is 1. The van der Waals surface area contributed by atoms with Crippen LogP contribution in [0, 0.1) is 11.3 Å². The average Bonchev–Trinajstić information content (AvgIpc) is 2.51. The molecule has 1 rings (SSSR count). The molecule has 7 nitrogen and oxygen atoms in total. The fraction of sp³-hybridized carbons (Fsp3) is 0.267. The lowest BCUT2D eigenvalue weighted by Gasteiger charge is -2.10. The smallest absolute Gasteiger partial charge is 0.334 e. The van der Waals surface area contributed by atoms with Crippen molar-refractivity contribution in [3.8, 4) is 11.8 Å². The summed E-state index contributed by atoms with van der Waals surface area (Å²) in [4.78, 5) is 22.7. The van der Waals surface area contributed by atoms with Crippen molar-refractivity contribution in [3.63, 3.8) is 0 Å². The van der Waals surface area contributed by atoms with Gasteiger partial charge in [0.1, 0.15) is 12.4 Å². The fourth-order valence-electron chi connectivity index (χ4n) is 1.71. The van der Waals surface area contributed by atoms with E-state index in [0.717, 1.165) is 0 Å². The zero-order valence-corrected chi connectivity index (χ0v) is 12.2. The van der Waals surface area contributed by atoms with E-state index in [1.165, 1.54) is 19.3 Å². The van der Waals surface area contributed by atoms with E-state index >= 15 is 0 Å². The average molecular weight is 303 g/mol. The highest BCUT2D eigenvalue weighted by atomic mass is 16.5. The Bertz CT molecular complexity index is 632. The van der Waals surface area contributed by atoms with Crippen LogP contribution < -0.4 is 16.2 Å². The molecule has 0 atom stereocenters. The van der Waals surface area contributed by atoms with Gasteiger partial charge in [-0.3, -0.25) is 4.79 Å². The van der Waals surface area contributed by atoms with Crippen molar-refractivity contribution < 1.29 is 19.1 Å². The Hall–Kier alpha value is -2.85. The number of nitriles is 1. The van der Waals surface area contributed by atoms with Crippen LogP contribution in [0.25, 0.3) is 6.08 Å². The topological polar surface area (TPSA) is 128 Å². The Morgan fingerprint density at radius 3 is 2.68 bits per heavy atom. The van der Waals surface area contributed by atoms with E-state index in [1.807, 2.05) is 6.07 Å². The molecule has 4 N–H and O–H groups in total. The SMILES string of the molecule is COC(=O)C(=Cc1ccc(C#N)cc1OCCN)CC(N)=O. The lowest BCUT2D eigenvalue weighted by Crippen LogP contribution is -2.16. The van der Waals surface area contributed by atoms with Crippen molar-refractivity contribution in [3.05, 3.63) is 34.9 Å². The number of hydrogen-bond donors (Lipinski definition) is 2. The molecule has 0 fully saturated rings. The maximum atomic E-state index is 11.7. The molecule has 0 heterocycles. The summed E-state index contributed by atoms with van der Waals surface area (Å²) in [5.74, 6) is -0.932. The minimum Gasteiger partial charge on any atom is -0.492 e. The van der Waals surface area contributed by atoms with Crippen molar-refractivity contribution in [1.29, 1.82) is 5.26 Å². The van der Waals surface area contributed by atoms with Gasteiger partial charge in [-0.05, 0) is 24.3 Å². The monoisotopic (exact) mass is 303 g/mol. The predicted octanol–water partition coefficient (Wildman–Crippen LogP) is 0.328. The molecule has 0 aliphatic carbocycles. The third-order valence-electron chi connectivity index (χ3n) is 2.66. The van der Waals surface area contributed by atoms with Crippen molar-refractivity contribution >= 4 is 18.0 Å². The van der Waals surface area contributed by atoms with Gasteiger partial charge in [0.2, 0.25) is 5.91 Å². The lowest BCUT2D eigenvalue weighted by molar-refractivity contribution is -0.137. The molecule has 116 valence electrons. The second-order valence-electron chi connectivity index (χ2n) is 4.31. The van der Waals surface area contributed by atoms with E-state index in [0.29, 0.717) is 23.4 Å². The van der Waals surface area contributed by atoms with Gasteiger partial charge in [0.15, 0.2) is 0 Å². The summed E-state index contributed by atoms with van der Waals surface area (Å²) >= 11 is 0. The van der Waals surface area contributed by atoms with Crippen LogP contribution in [0.1, 0.15) is 17.5 Å². The largest absolute Gasteiger partial charge is 0.492 e. The summed E-state index contributed by atoms with van der Waals surface area (Å²) in [6.07, 6.45) is 1.19. The van der Waals surface area contributed by atoms with Gasteiger partial charge in [0.05, 0.1) is 25.2 Å². The fourth-order valence-corrected chi connectivity index (χ4v) is 1.71. The molecule has 0 radical (unpaired) electrons. The van der Waals surface area contributed by atoms with Gasteiger partial charge in [0.25, 0.3) is 0 Å². The van der Waals surface area contributed by atoms with Crippen molar-refractivity contribution in [2.75, 3.05) is 20.3 Å². The number of carbonyl (C=O) groups excluding carboxylic acids is 2. The highest BCUT2D eigenvalue weighted by Gasteiger charge is 2.14. The highest BCUT2D eigenvalue weighted by Crippen LogP contribution is 2.24. The lowest BCUT2D eigenvalue weighted by atomic mass is 10.1. The highest BCUT2D eigenvalue weighted by molar-refractivity contribution is 5.99. The van der Waals surface area contributed by atoms with Gasteiger partial charge in [-0.1, -0.05) is 0 Å². The number of primary amides is 1. The molecule has 0 spiro atoms. The van der Waals surface area contributed by atoms with E-state index in [-0.39, 0.29) is 18.6 Å². The van der Waals surface area contributed by atoms with Gasteiger partial charge >= 0.3 is 5.97 Å². The second-order valence-corrected chi connectivity index (χ2v) is 4.31. The van der Waals surface area contributed by atoms with Gasteiger partial charge in [-0.2, -0.15) is 5.26 Å². The number of esters is 1. The molecular weight excluding hydrogens is 286 g/mol. The number of rotatable bonds is 7. The quantitative estimate of drug-likeness (QED) is 0.551. The first-order valence-corrected chi connectivity index (χ1v) is 6.46. The van der Waals surface area contributed by atoms with E-state index < -0.39 is 11.9 Å². The summed E-state index contributed by atoms with van der Waals surface area (Å²) in [6, 6.07) is 6.70. The van der Waals surface area contributed by atoms with Crippen LogP contribution in [0.4, 0.5) is 0 Å². The third-order valence-corrected chi connectivity index (χ3v) is 2.66. The zero-order valence-electron chi connectivity index (χ0n) is 12.2. The molecular formula is C15H17N3O4. The molecule has 0 saturated heterocycles. The maximum Gasteiger partial charge on any atom is 0.334 e. The molecule has 22 heavy (non-hydrogen) atoms. The van der Waals surface area contributed by atoms with E-state index in [9.17, 15) is 9.59 Å². The molecule has 0 saturated carbocycles. The molecule has 0 aromatic heterocycles. The standard InChI is InChI=1S/C15H17N3O4/c1-21-15(20)12(8-14(18)19)7-11-3-2-10(9-17)6-13(11)22-5-4-16/h2-3,6-7H,4-5,8,16H2,1H3,(H2,18,19). The molecule has 1 aromatic carbocycles. The summed E-state index contributed by atoms with van der Waals surface area (Å²) in [7, 11) is 1.21. The number of nitrogens with two attached hydrogens (primary N) is 2. The number of carbonyl (C=O) groups is 2. The first-order chi connectivity index (χ1) is 10.5. The summed E-state index contributed by atoms with van der Waals surface area (Å²) < 4.78 is 10.1. The first kappa shape index (κ1) is 17.2. The summed E-state index contributed by atoms with van der Waals surface area (Å²) in [5.41, 5.74) is 11.5. The molecule has 0 aliphatic heterocycles. The minimum absolute atomic E-state index is 0.0947. The van der Waals surface area contributed by atoms with Gasteiger partial charge < -0.3 is 20.9 Å². The minimum atomic E-state index is -0.659. The van der Waals surface area contributed by atoms with Crippen LogP contribution >= 0.6 is 0 Å². The van der Waals surface area contributed by atoms with Crippen LogP contribution in [0.15, 0.2) is 23.8 Å². The Labute approximate surface area is 128 Å². The molecule has 0 unspecified atom stereocenters. The van der Waals surface area contributed by atoms with Crippen LogP contribution in [0.3, 0.4) is 0 Å². The zero-order chi connectivity index (χ0) is 16.5. The van der Waals surface area contributed by atoms with Crippen LogP contribution in [-0.4, -0.2) is 32.1 Å². The summed E-state index contributed by atoms with van der Waals surface area (Å²) in [6.45, 7) is 0.546. The normalized spacial score (nSPS) is 10.7. The Kier molecular flexibility index (Phi) is 6.60. The van der Waals surface area contributed by atoms with Crippen molar-refractivity contribution in [2.24, 2.45) is 11.5 Å². The number of nitrogens with zero attached hydrogens (tertiary/aromatic N) is 1. The number of methoxy groups -OCH3 is 1. The van der Waals surface area contributed by atoms with Crippen LogP contribution in [-0.2, 0) is 14.3 Å². The Morgan fingerprint density at radius 2 is 2.14 bits per heavy atom. The molecule has 0 aliphatic rings. The van der Waals surface area contributed by atoms with Gasteiger partial charge in [-0.25, -0.2) is 4.79 Å². The van der Waals surface area contributed by atoms with E-state index in [4.69, 9.17) is 21.5 Å². The molecule has 7 heteroatoms. The van der Waals surface area contributed by atoms with E-state index in [1.54, 1.807) is 12.1 Å². The second kappa shape index (κ2) is 8.44. The molecule has 1 aromatic rings. The van der Waals surface area contributed by atoms with Crippen LogP contribution in [0.5, 0.6) is 5.75 Å². The molecule has 0 bridgehead atoms. The predicted molar refractivity (Wildman–Crippen MR) is 79.5 cm³/mol. The van der Waals surface area contributed by atoms with Gasteiger partial charge in [0, 0.05) is 17.7 Å². The molecule has 1 amide bonds. The van der Waals surface area contributed by atoms with Crippen molar-refractivity contribution in [2.45, 2.75) is 6.42 Å². The Morgan fingerprint density at radius 1 is 1.41 bits per heavy atom. The maximum absolute atomic E-state index is 11.7. The van der Waals surface area contributed by atoms with Crippen molar-refractivity contribution in [1.82, 2.24) is 0 Å². The first-order valence-electron chi connectivity index (χ1n) is 6.46.